The maximum atomic E-state index is 12.2. The quantitative estimate of drug-likeness (QED) is 0.234. The summed E-state index contributed by atoms with van der Waals surface area (Å²) in [5, 5.41) is 5.74. The molecular formula is C31H38ClN7O2. The van der Waals surface area contributed by atoms with Crippen molar-refractivity contribution in [1.29, 1.82) is 0 Å². The highest BCUT2D eigenvalue weighted by atomic mass is 35.5. The lowest BCUT2D eigenvalue weighted by Crippen LogP contribution is -2.24. The maximum absolute atomic E-state index is 12.2. The fourth-order valence-electron chi connectivity index (χ4n) is 3.87. The minimum absolute atomic E-state index is 0.0291. The van der Waals surface area contributed by atoms with Gasteiger partial charge < -0.3 is 9.64 Å². The van der Waals surface area contributed by atoms with Crippen molar-refractivity contribution in [3.8, 4) is 17.0 Å². The number of aliphatic imine (C=N–C) groups is 2. The highest BCUT2D eigenvalue weighted by Crippen LogP contribution is 2.33. The Kier molecular flexibility index (Phi) is 11.1. The number of benzene rings is 1. The van der Waals surface area contributed by atoms with E-state index in [0.717, 1.165) is 39.0 Å². The number of hydrogen-bond acceptors (Lipinski definition) is 7. The Morgan fingerprint density at radius 3 is 2.44 bits per heavy atom. The van der Waals surface area contributed by atoms with Crippen LogP contribution in [0.15, 0.2) is 58.9 Å². The Labute approximate surface area is 247 Å². The number of nitrogens with zero attached hydrogens (tertiary/aromatic N) is 7. The Morgan fingerprint density at radius 1 is 1.12 bits per heavy atom. The molecule has 0 spiro atoms. The summed E-state index contributed by atoms with van der Waals surface area (Å²) in [7, 11) is 5.36. The summed E-state index contributed by atoms with van der Waals surface area (Å²) in [5.74, 6) is 0.617. The van der Waals surface area contributed by atoms with Crippen LogP contribution in [0.2, 0.25) is 5.02 Å². The van der Waals surface area contributed by atoms with Gasteiger partial charge in [-0.25, -0.2) is 15.0 Å². The number of aryl methyl sites for hydroxylation is 2. The lowest BCUT2D eigenvalue weighted by Gasteiger charge is -2.16. The third-order valence-corrected chi connectivity index (χ3v) is 6.29. The fraction of sp³-hybridized carbons (Fsp3) is 0.387. The SMILES string of the molecule is CC(C)N=C=NC(C)C.Cc1cc(-c2ccnn2C)c2cccc(OCc3c(Cl)cncc3CC(=O)N(C)C)c2n1. The Hall–Kier alpha value is -4.07. The Bertz CT molecular complexity index is 1540. The van der Waals surface area contributed by atoms with E-state index in [1.54, 1.807) is 37.6 Å². The van der Waals surface area contributed by atoms with E-state index in [4.69, 9.17) is 21.3 Å². The van der Waals surface area contributed by atoms with Crippen LogP contribution in [0.4, 0.5) is 0 Å². The Balaban J connectivity index is 0.000000445. The number of carbonyl (C=O) groups excluding carboxylic acids is 1. The highest BCUT2D eigenvalue weighted by molar-refractivity contribution is 6.31. The van der Waals surface area contributed by atoms with E-state index in [1.807, 2.05) is 76.7 Å². The van der Waals surface area contributed by atoms with Gasteiger partial charge >= 0.3 is 0 Å². The number of likely N-dealkylation sites (N-methyl/N-ethyl adjacent to an activating group) is 1. The van der Waals surface area contributed by atoms with E-state index in [2.05, 4.69) is 26.1 Å². The summed E-state index contributed by atoms with van der Waals surface area (Å²) in [6.07, 6.45) is 5.21. The van der Waals surface area contributed by atoms with Gasteiger partial charge in [0.1, 0.15) is 17.9 Å². The lowest BCUT2D eigenvalue weighted by molar-refractivity contribution is -0.127. The summed E-state index contributed by atoms with van der Waals surface area (Å²) in [6.45, 7) is 10.2. The predicted octanol–water partition coefficient (Wildman–Crippen LogP) is 6.18. The molecule has 0 bridgehead atoms. The number of pyridine rings is 2. The van der Waals surface area contributed by atoms with Crippen LogP contribution in [-0.4, -0.2) is 62.7 Å². The molecule has 10 heteroatoms. The van der Waals surface area contributed by atoms with Gasteiger partial charge in [-0.3, -0.25) is 14.5 Å². The topological polar surface area (TPSA) is 97.9 Å². The number of rotatable bonds is 8. The van der Waals surface area contributed by atoms with Gasteiger partial charge in [0.05, 0.1) is 35.2 Å². The molecule has 4 rings (SSSR count). The zero-order chi connectivity index (χ0) is 30.1. The van der Waals surface area contributed by atoms with E-state index in [0.29, 0.717) is 22.9 Å². The zero-order valence-corrected chi connectivity index (χ0v) is 25.8. The molecule has 4 aromatic rings. The van der Waals surface area contributed by atoms with Crippen molar-refractivity contribution in [3.63, 3.8) is 0 Å². The molecule has 0 saturated carbocycles. The molecule has 0 fully saturated rings. The summed E-state index contributed by atoms with van der Waals surface area (Å²) >= 11 is 6.42. The molecule has 0 unspecified atom stereocenters. The number of halogens is 1. The molecule has 216 valence electrons. The standard InChI is InChI=1S/C24H24ClN5O2.C7H14N2/c1-15-10-18(21-8-9-27-30(21)4)17-6-5-7-22(24(17)28-15)32-14-19-16(11-23(31)29(2)3)12-26-13-20(19)25;1-6(2)8-5-9-7(3)4/h5-10,12-13H,11,14H2,1-4H3;6-7H,1-4H3. The van der Waals surface area contributed by atoms with Crippen molar-refractivity contribution in [1.82, 2.24) is 24.6 Å². The summed E-state index contributed by atoms with van der Waals surface area (Å²) in [6, 6.07) is 13.1. The van der Waals surface area contributed by atoms with Crippen molar-refractivity contribution in [2.45, 2.75) is 59.7 Å². The number of aromatic nitrogens is 4. The molecule has 0 aliphatic rings. The van der Waals surface area contributed by atoms with Gasteiger partial charge in [0.2, 0.25) is 5.91 Å². The van der Waals surface area contributed by atoms with E-state index < -0.39 is 0 Å². The fourth-order valence-corrected chi connectivity index (χ4v) is 4.10. The molecule has 0 aliphatic carbocycles. The Morgan fingerprint density at radius 2 is 1.83 bits per heavy atom. The van der Waals surface area contributed by atoms with Crippen molar-refractivity contribution >= 4 is 34.4 Å². The van der Waals surface area contributed by atoms with Crippen molar-refractivity contribution < 1.29 is 9.53 Å². The second kappa shape index (κ2) is 14.5. The molecule has 0 radical (unpaired) electrons. The molecule has 41 heavy (non-hydrogen) atoms. The van der Waals surface area contributed by atoms with Crippen LogP contribution in [-0.2, 0) is 24.9 Å². The molecule has 0 N–H and O–H groups in total. The molecule has 1 aromatic carbocycles. The molecule has 3 aromatic heterocycles. The smallest absolute Gasteiger partial charge is 0.226 e. The first-order valence-electron chi connectivity index (χ1n) is 13.5. The van der Waals surface area contributed by atoms with E-state index in [-0.39, 0.29) is 18.9 Å². The van der Waals surface area contributed by atoms with E-state index in [1.165, 1.54) is 0 Å². The summed E-state index contributed by atoms with van der Waals surface area (Å²) in [5.41, 5.74) is 5.17. The van der Waals surface area contributed by atoms with E-state index in [9.17, 15) is 4.79 Å². The minimum Gasteiger partial charge on any atom is -0.487 e. The average Bonchev–Trinajstić information content (AvgIpc) is 3.33. The van der Waals surface area contributed by atoms with Crippen LogP contribution >= 0.6 is 11.6 Å². The molecule has 0 atom stereocenters. The van der Waals surface area contributed by atoms with Gasteiger partial charge in [-0.2, -0.15) is 5.10 Å². The molecule has 0 aliphatic heterocycles. The largest absolute Gasteiger partial charge is 0.487 e. The first-order chi connectivity index (χ1) is 19.5. The van der Waals surface area contributed by atoms with Gasteiger partial charge in [-0.05, 0) is 58.4 Å². The highest BCUT2D eigenvalue weighted by Gasteiger charge is 2.16. The second-order valence-corrected chi connectivity index (χ2v) is 10.8. The van der Waals surface area contributed by atoms with Crippen molar-refractivity contribution in [2.75, 3.05) is 14.1 Å². The van der Waals surface area contributed by atoms with Crippen molar-refractivity contribution in [2.24, 2.45) is 17.0 Å². The third kappa shape index (κ3) is 8.71. The molecule has 3 heterocycles. The van der Waals surface area contributed by atoms with Gasteiger partial charge in [-0.1, -0.05) is 23.7 Å². The average molecular weight is 576 g/mol. The predicted molar refractivity (Wildman–Crippen MR) is 165 cm³/mol. The number of para-hydroxylation sites is 1. The summed E-state index contributed by atoms with van der Waals surface area (Å²) < 4.78 is 8.04. The van der Waals surface area contributed by atoms with Crippen LogP contribution in [0.25, 0.3) is 22.2 Å². The zero-order valence-electron chi connectivity index (χ0n) is 25.0. The second-order valence-electron chi connectivity index (χ2n) is 10.4. The molecule has 1 amide bonds. The molecular weight excluding hydrogens is 538 g/mol. The van der Waals surface area contributed by atoms with Crippen LogP contribution in [0.1, 0.15) is 44.5 Å². The number of ether oxygens (including phenoxy) is 1. The van der Waals surface area contributed by atoms with E-state index >= 15 is 0 Å². The monoisotopic (exact) mass is 575 g/mol. The molecule has 0 saturated heterocycles. The maximum Gasteiger partial charge on any atom is 0.226 e. The van der Waals surface area contributed by atoms with Gasteiger partial charge in [0, 0.05) is 61.9 Å². The first-order valence-corrected chi connectivity index (χ1v) is 13.8. The summed E-state index contributed by atoms with van der Waals surface area (Å²) in [4.78, 5) is 30.6. The normalized spacial score (nSPS) is 10.7. The van der Waals surface area contributed by atoms with Crippen LogP contribution < -0.4 is 4.74 Å². The third-order valence-electron chi connectivity index (χ3n) is 5.97. The van der Waals surface area contributed by atoms with Crippen LogP contribution in [0.3, 0.4) is 0 Å². The van der Waals surface area contributed by atoms with Gasteiger partial charge in [-0.15, -0.1) is 0 Å². The number of carbonyl (C=O) groups is 1. The van der Waals surface area contributed by atoms with Crippen molar-refractivity contribution in [3.05, 3.63) is 70.8 Å². The number of fused-ring (bicyclic) bond motifs is 1. The molecule has 9 nitrogen and oxygen atoms in total. The van der Waals surface area contributed by atoms with Gasteiger partial charge in [0.25, 0.3) is 0 Å². The van der Waals surface area contributed by atoms with Crippen LogP contribution in [0.5, 0.6) is 5.75 Å². The van der Waals surface area contributed by atoms with Gasteiger partial charge in [0.15, 0.2) is 0 Å². The number of amides is 1. The first kappa shape index (κ1) is 31.5. The number of hydrogen-bond donors (Lipinski definition) is 0. The minimum atomic E-state index is -0.0291. The lowest BCUT2D eigenvalue weighted by atomic mass is 10.0. The van der Waals surface area contributed by atoms with Crippen LogP contribution in [0, 0.1) is 6.92 Å².